The van der Waals surface area contributed by atoms with Crippen LogP contribution in [0.3, 0.4) is 0 Å². The van der Waals surface area contributed by atoms with Crippen molar-refractivity contribution >= 4 is 22.2 Å². The van der Waals surface area contributed by atoms with Crippen LogP contribution in [0.5, 0.6) is 5.19 Å². The molecule has 0 aliphatic rings. The van der Waals surface area contributed by atoms with Gasteiger partial charge in [0.1, 0.15) is 0 Å². The van der Waals surface area contributed by atoms with Crippen LogP contribution in [-0.4, -0.2) is 16.6 Å². The lowest BCUT2D eigenvalue weighted by molar-refractivity contribution is 0.338. The molecule has 0 radical (unpaired) electrons. The highest BCUT2D eigenvalue weighted by molar-refractivity contribution is 7.16. The van der Waals surface area contributed by atoms with E-state index >= 15 is 0 Å². The number of rotatable bonds is 3. The predicted octanol–water partition coefficient (Wildman–Crippen LogP) is 3.76. The number of ether oxygens (including phenoxy) is 1. The maximum absolute atomic E-state index is 5.38. The first-order chi connectivity index (χ1) is 8.86. The Balaban J connectivity index is 2.02. The van der Waals surface area contributed by atoms with Gasteiger partial charge in [-0.25, -0.2) is 4.98 Å². The Kier molecular flexibility index (Phi) is 2.94. The van der Waals surface area contributed by atoms with Gasteiger partial charge in [-0.15, -0.1) is 0 Å². The third-order valence-corrected chi connectivity index (χ3v) is 3.59. The summed E-state index contributed by atoms with van der Waals surface area (Å²) in [6.07, 6.45) is 3.72. The SMILES string of the molecule is CCOc1ncc(-c2cnc3ccccc3c2)s1. The fourth-order valence-electron chi connectivity index (χ4n) is 1.79. The number of aromatic nitrogens is 2. The van der Waals surface area contributed by atoms with Gasteiger partial charge in [0.15, 0.2) is 0 Å². The second-order valence-electron chi connectivity index (χ2n) is 3.84. The minimum atomic E-state index is 0.642. The van der Waals surface area contributed by atoms with Gasteiger partial charge in [0, 0.05) is 23.3 Å². The van der Waals surface area contributed by atoms with E-state index in [2.05, 4.69) is 22.1 Å². The Morgan fingerprint density at radius 2 is 2.06 bits per heavy atom. The Morgan fingerprint density at radius 1 is 1.17 bits per heavy atom. The Hall–Kier alpha value is -1.94. The Labute approximate surface area is 109 Å². The van der Waals surface area contributed by atoms with E-state index in [9.17, 15) is 0 Å². The van der Waals surface area contributed by atoms with Gasteiger partial charge in [-0.1, -0.05) is 29.5 Å². The van der Waals surface area contributed by atoms with Crippen LogP contribution in [0.4, 0.5) is 0 Å². The van der Waals surface area contributed by atoms with Gasteiger partial charge in [0.25, 0.3) is 5.19 Å². The van der Waals surface area contributed by atoms with Gasteiger partial charge < -0.3 is 4.74 Å². The lowest BCUT2D eigenvalue weighted by Gasteiger charge is -1.99. The van der Waals surface area contributed by atoms with Crippen molar-refractivity contribution in [1.82, 2.24) is 9.97 Å². The monoisotopic (exact) mass is 256 g/mol. The number of nitrogens with zero attached hydrogens (tertiary/aromatic N) is 2. The van der Waals surface area contributed by atoms with E-state index in [0.717, 1.165) is 21.3 Å². The average molecular weight is 256 g/mol. The topological polar surface area (TPSA) is 35.0 Å². The highest BCUT2D eigenvalue weighted by Gasteiger charge is 2.06. The zero-order valence-electron chi connectivity index (χ0n) is 9.96. The molecule has 3 rings (SSSR count). The quantitative estimate of drug-likeness (QED) is 0.715. The summed E-state index contributed by atoms with van der Waals surface area (Å²) < 4.78 is 5.38. The van der Waals surface area contributed by atoms with Gasteiger partial charge in [0.2, 0.25) is 0 Å². The fraction of sp³-hybridized carbons (Fsp3) is 0.143. The zero-order valence-corrected chi connectivity index (χ0v) is 10.8. The van der Waals surface area contributed by atoms with Crippen LogP contribution in [0.25, 0.3) is 21.3 Å². The van der Waals surface area contributed by atoms with E-state index < -0.39 is 0 Å². The first kappa shape index (κ1) is 11.2. The van der Waals surface area contributed by atoms with Crippen LogP contribution in [0, 0.1) is 0 Å². The van der Waals surface area contributed by atoms with Crippen molar-refractivity contribution in [3.8, 4) is 15.6 Å². The molecule has 0 saturated heterocycles. The molecular weight excluding hydrogens is 244 g/mol. The molecule has 0 amide bonds. The third kappa shape index (κ3) is 2.07. The van der Waals surface area contributed by atoms with Gasteiger partial charge in [0.05, 0.1) is 17.0 Å². The summed E-state index contributed by atoms with van der Waals surface area (Å²) in [6, 6.07) is 10.2. The third-order valence-electron chi connectivity index (χ3n) is 2.63. The minimum absolute atomic E-state index is 0.642. The molecule has 90 valence electrons. The van der Waals surface area contributed by atoms with Gasteiger partial charge in [-0.3, -0.25) is 4.98 Å². The van der Waals surface area contributed by atoms with Crippen molar-refractivity contribution in [2.24, 2.45) is 0 Å². The lowest BCUT2D eigenvalue weighted by Crippen LogP contribution is -1.88. The van der Waals surface area contributed by atoms with E-state index in [0.29, 0.717) is 11.8 Å². The molecule has 3 nitrogen and oxygen atoms in total. The minimum Gasteiger partial charge on any atom is -0.470 e. The smallest absolute Gasteiger partial charge is 0.273 e. The maximum atomic E-state index is 5.38. The van der Waals surface area contributed by atoms with Gasteiger partial charge in [-0.2, -0.15) is 0 Å². The van der Waals surface area contributed by atoms with Crippen LogP contribution in [0.1, 0.15) is 6.92 Å². The summed E-state index contributed by atoms with van der Waals surface area (Å²) in [5.74, 6) is 0. The predicted molar refractivity (Wildman–Crippen MR) is 74.0 cm³/mol. The lowest BCUT2D eigenvalue weighted by atomic mass is 10.1. The molecule has 0 fully saturated rings. The van der Waals surface area contributed by atoms with E-state index in [1.807, 2.05) is 37.5 Å². The zero-order chi connectivity index (χ0) is 12.4. The van der Waals surface area contributed by atoms with Crippen molar-refractivity contribution in [2.45, 2.75) is 6.92 Å². The fourth-order valence-corrected chi connectivity index (χ4v) is 2.59. The summed E-state index contributed by atoms with van der Waals surface area (Å²) >= 11 is 1.55. The number of fused-ring (bicyclic) bond motifs is 1. The van der Waals surface area contributed by atoms with Crippen LogP contribution < -0.4 is 4.74 Å². The summed E-state index contributed by atoms with van der Waals surface area (Å²) in [5, 5.41) is 1.85. The van der Waals surface area contributed by atoms with Crippen LogP contribution in [-0.2, 0) is 0 Å². The largest absolute Gasteiger partial charge is 0.470 e. The number of para-hydroxylation sites is 1. The molecule has 0 aliphatic heterocycles. The first-order valence-corrected chi connectivity index (χ1v) is 6.62. The van der Waals surface area contributed by atoms with E-state index in [1.54, 1.807) is 11.3 Å². The van der Waals surface area contributed by atoms with E-state index in [4.69, 9.17) is 4.74 Å². The molecule has 0 aliphatic carbocycles. The first-order valence-electron chi connectivity index (χ1n) is 5.80. The molecule has 0 saturated carbocycles. The van der Waals surface area contributed by atoms with Crippen molar-refractivity contribution < 1.29 is 4.74 Å². The Bertz CT molecular complexity index is 678. The standard InChI is InChI=1S/C14H12N2OS/c1-2-17-14-16-9-13(18-14)11-7-10-5-3-4-6-12(10)15-8-11/h3-9H,2H2,1H3. The molecule has 4 heteroatoms. The summed E-state index contributed by atoms with van der Waals surface area (Å²) in [7, 11) is 0. The second kappa shape index (κ2) is 4.74. The van der Waals surface area contributed by atoms with E-state index in [1.165, 1.54) is 0 Å². The molecule has 1 aromatic carbocycles. The van der Waals surface area contributed by atoms with Crippen molar-refractivity contribution in [1.29, 1.82) is 0 Å². The maximum Gasteiger partial charge on any atom is 0.273 e. The highest BCUT2D eigenvalue weighted by atomic mass is 32.1. The van der Waals surface area contributed by atoms with Crippen molar-refractivity contribution in [2.75, 3.05) is 6.61 Å². The summed E-state index contributed by atoms with van der Waals surface area (Å²) in [4.78, 5) is 9.76. The highest BCUT2D eigenvalue weighted by Crippen LogP contribution is 2.31. The van der Waals surface area contributed by atoms with Crippen LogP contribution in [0.15, 0.2) is 42.7 Å². The molecule has 0 atom stereocenters. The average Bonchev–Trinajstić information content (AvgIpc) is 2.87. The van der Waals surface area contributed by atoms with Crippen LogP contribution >= 0.6 is 11.3 Å². The number of thiazole rings is 1. The van der Waals surface area contributed by atoms with Gasteiger partial charge >= 0.3 is 0 Å². The summed E-state index contributed by atoms with van der Waals surface area (Å²) in [6.45, 7) is 2.60. The van der Waals surface area contributed by atoms with Gasteiger partial charge in [-0.05, 0) is 19.1 Å². The molecule has 3 aromatic rings. The van der Waals surface area contributed by atoms with Crippen LogP contribution in [0.2, 0.25) is 0 Å². The number of benzene rings is 1. The van der Waals surface area contributed by atoms with Crippen molar-refractivity contribution in [3.63, 3.8) is 0 Å². The molecule has 2 heterocycles. The molecule has 18 heavy (non-hydrogen) atoms. The molecule has 0 N–H and O–H groups in total. The molecule has 2 aromatic heterocycles. The Morgan fingerprint density at radius 3 is 2.94 bits per heavy atom. The number of hydrogen-bond donors (Lipinski definition) is 0. The number of pyridine rings is 1. The van der Waals surface area contributed by atoms with Crippen molar-refractivity contribution in [3.05, 3.63) is 42.7 Å². The molecule has 0 spiro atoms. The second-order valence-corrected chi connectivity index (χ2v) is 4.83. The number of hydrogen-bond acceptors (Lipinski definition) is 4. The van der Waals surface area contributed by atoms with E-state index in [-0.39, 0.29) is 0 Å². The molecular formula is C14H12N2OS. The normalized spacial score (nSPS) is 10.7. The summed E-state index contributed by atoms with van der Waals surface area (Å²) in [5.41, 5.74) is 2.09. The molecule has 0 unspecified atom stereocenters. The molecule has 0 bridgehead atoms.